The first-order valence-electron chi connectivity index (χ1n) is 7.24. The highest BCUT2D eigenvalue weighted by molar-refractivity contribution is 5.30. The van der Waals surface area contributed by atoms with Crippen LogP contribution in [0.4, 0.5) is 4.39 Å². The Bertz CT molecular complexity index is 417. The lowest BCUT2D eigenvalue weighted by Crippen LogP contribution is -2.25. The van der Waals surface area contributed by atoms with Gasteiger partial charge in [-0.1, -0.05) is 19.8 Å². The quantitative estimate of drug-likeness (QED) is 0.883. The molecule has 0 heterocycles. The molecule has 1 N–H and O–H groups in total. The Morgan fingerprint density at radius 2 is 2.21 bits per heavy atom. The molecule has 1 aromatic rings. The van der Waals surface area contributed by atoms with Gasteiger partial charge in [-0.3, -0.25) is 0 Å². The first kappa shape index (κ1) is 14.3. The van der Waals surface area contributed by atoms with Crippen molar-refractivity contribution in [2.45, 2.75) is 58.2 Å². The van der Waals surface area contributed by atoms with Crippen LogP contribution in [0.15, 0.2) is 18.2 Å². The molecular formula is C16H23FO2. The number of hydrogen-bond donors (Lipinski definition) is 1. The fraction of sp³-hybridized carbons (Fsp3) is 0.625. The lowest BCUT2D eigenvalue weighted by atomic mass is 9.85. The molecule has 3 atom stereocenters. The number of aliphatic hydroxyl groups is 1. The Hall–Kier alpha value is -1.09. The summed E-state index contributed by atoms with van der Waals surface area (Å²) in [6.07, 6.45) is 5.20. The number of hydrogen-bond acceptors (Lipinski definition) is 2. The van der Waals surface area contributed by atoms with Crippen LogP contribution in [0.2, 0.25) is 0 Å². The highest BCUT2D eigenvalue weighted by atomic mass is 19.1. The third-order valence-corrected chi connectivity index (χ3v) is 4.04. The predicted molar refractivity (Wildman–Crippen MR) is 73.7 cm³/mol. The highest BCUT2D eigenvalue weighted by Gasteiger charge is 2.22. The monoisotopic (exact) mass is 266 g/mol. The van der Waals surface area contributed by atoms with Gasteiger partial charge in [0, 0.05) is 11.6 Å². The Morgan fingerprint density at radius 3 is 2.84 bits per heavy atom. The lowest BCUT2D eigenvalue weighted by molar-refractivity contribution is 0.121. The van der Waals surface area contributed by atoms with Crippen molar-refractivity contribution in [2.75, 3.05) is 0 Å². The van der Waals surface area contributed by atoms with E-state index in [-0.39, 0.29) is 6.10 Å². The number of halogens is 1. The normalized spacial score (nSPS) is 25.1. The zero-order valence-corrected chi connectivity index (χ0v) is 11.7. The van der Waals surface area contributed by atoms with Crippen LogP contribution < -0.4 is 4.74 Å². The number of ether oxygens (including phenoxy) is 1. The van der Waals surface area contributed by atoms with Crippen molar-refractivity contribution < 1.29 is 14.2 Å². The van der Waals surface area contributed by atoms with E-state index in [4.69, 9.17) is 4.74 Å². The van der Waals surface area contributed by atoms with E-state index in [1.165, 1.54) is 25.3 Å². The minimum absolute atomic E-state index is 0.204. The molecule has 1 fully saturated rings. The van der Waals surface area contributed by atoms with Gasteiger partial charge in [0.2, 0.25) is 0 Å². The van der Waals surface area contributed by atoms with Crippen LogP contribution in [0, 0.1) is 11.7 Å². The van der Waals surface area contributed by atoms with Gasteiger partial charge in [0.25, 0.3) is 0 Å². The van der Waals surface area contributed by atoms with Crippen LogP contribution in [0.5, 0.6) is 5.75 Å². The third-order valence-electron chi connectivity index (χ3n) is 4.04. The maximum atomic E-state index is 13.8. The van der Waals surface area contributed by atoms with Gasteiger partial charge in [0.1, 0.15) is 11.6 Å². The number of rotatable bonds is 4. The molecule has 1 saturated carbocycles. The molecule has 0 bridgehead atoms. The summed E-state index contributed by atoms with van der Waals surface area (Å²) in [5, 5.41) is 9.40. The van der Waals surface area contributed by atoms with E-state index in [1.54, 1.807) is 19.1 Å². The summed E-state index contributed by atoms with van der Waals surface area (Å²) in [4.78, 5) is 0. The number of benzene rings is 1. The summed E-state index contributed by atoms with van der Waals surface area (Å²) < 4.78 is 19.6. The smallest absolute Gasteiger partial charge is 0.132 e. The second-order valence-electron chi connectivity index (χ2n) is 5.54. The van der Waals surface area contributed by atoms with E-state index >= 15 is 0 Å². The minimum atomic E-state index is -0.784. The Kier molecular flexibility index (Phi) is 4.81. The molecule has 0 aliphatic heterocycles. The van der Waals surface area contributed by atoms with E-state index < -0.39 is 11.9 Å². The molecule has 0 saturated heterocycles. The molecule has 0 radical (unpaired) electrons. The fourth-order valence-corrected chi connectivity index (χ4v) is 2.83. The maximum Gasteiger partial charge on any atom is 0.132 e. The van der Waals surface area contributed by atoms with Crippen LogP contribution in [0.3, 0.4) is 0 Å². The van der Waals surface area contributed by atoms with Gasteiger partial charge >= 0.3 is 0 Å². The Balaban J connectivity index is 2.01. The largest absolute Gasteiger partial charge is 0.490 e. The molecule has 1 aromatic carbocycles. The van der Waals surface area contributed by atoms with Crippen molar-refractivity contribution in [3.63, 3.8) is 0 Å². The molecule has 2 nitrogen and oxygen atoms in total. The first-order chi connectivity index (χ1) is 9.10. The van der Waals surface area contributed by atoms with E-state index in [0.717, 1.165) is 18.8 Å². The summed E-state index contributed by atoms with van der Waals surface area (Å²) in [6, 6.07) is 4.74. The zero-order valence-electron chi connectivity index (χ0n) is 11.7. The SMILES string of the molecule is CCC1CCCC(Oc2ccc([C@H](C)O)c(F)c2)C1. The Morgan fingerprint density at radius 1 is 1.42 bits per heavy atom. The minimum Gasteiger partial charge on any atom is -0.490 e. The summed E-state index contributed by atoms with van der Waals surface area (Å²) in [7, 11) is 0. The summed E-state index contributed by atoms with van der Waals surface area (Å²) in [5.74, 6) is 0.916. The van der Waals surface area contributed by atoms with Gasteiger partial charge in [0.05, 0.1) is 12.2 Å². The second-order valence-corrected chi connectivity index (χ2v) is 5.54. The van der Waals surface area contributed by atoms with E-state index in [2.05, 4.69) is 6.92 Å². The standard InChI is InChI=1S/C16H23FO2/c1-3-12-5-4-6-13(9-12)19-14-7-8-15(11(2)18)16(17)10-14/h7-8,10-13,18H,3-6,9H2,1-2H3/t11-,12?,13?/m0/s1. The molecule has 0 amide bonds. The van der Waals surface area contributed by atoms with Crippen molar-refractivity contribution >= 4 is 0 Å². The molecular weight excluding hydrogens is 243 g/mol. The van der Waals surface area contributed by atoms with Gasteiger partial charge < -0.3 is 9.84 Å². The Labute approximate surface area is 114 Å². The van der Waals surface area contributed by atoms with Crippen molar-refractivity contribution in [1.29, 1.82) is 0 Å². The van der Waals surface area contributed by atoms with Gasteiger partial charge in [-0.15, -0.1) is 0 Å². The van der Waals surface area contributed by atoms with E-state index in [0.29, 0.717) is 11.3 Å². The van der Waals surface area contributed by atoms with E-state index in [1.807, 2.05) is 0 Å². The number of aliphatic hydroxyl groups excluding tert-OH is 1. The van der Waals surface area contributed by atoms with Gasteiger partial charge in [-0.25, -0.2) is 4.39 Å². The van der Waals surface area contributed by atoms with Crippen LogP contribution in [-0.2, 0) is 0 Å². The first-order valence-corrected chi connectivity index (χ1v) is 7.24. The second kappa shape index (κ2) is 6.38. The van der Waals surface area contributed by atoms with Crippen molar-refractivity contribution in [2.24, 2.45) is 5.92 Å². The van der Waals surface area contributed by atoms with Gasteiger partial charge in [-0.05, 0) is 44.2 Å². The summed E-state index contributed by atoms with van der Waals surface area (Å²) in [6.45, 7) is 3.77. The molecule has 106 valence electrons. The average Bonchev–Trinajstić information content (AvgIpc) is 2.38. The molecule has 19 heavy (non-hydrogen) atoms. The fourth-order valence-electron chi connectivity index (χ4n) is 2.83. The van der Waals surface area contributed by atoms with Gasteiger partial charge in [-0.2, -0.15) is 0 Å². The zero-order chi connectivity index (χ0) is 13.8. The van der Waals surface area contributed by atoms with E-state index in [9.17, 15) is 9.50 Å². The summed E-state index contributed by atoms with van der Waals surface area (Å²) >= 11 is 0. The lowest BCUT2D eigenvalue weighted by Gasteiger charge is -2.29. The van der Waals surface area contributed by atoms with Crippen molar-refractivity contribution in [1.82, 2.24) is 0 Å². The van der Waals surface area contributed by atoms with Crippen LogP contribution >= 0.6 is 0 Å². The van der Waals surface area contributed by atoms with Gasteiger partial charge in [0.15, 0.2) is 0 Å². The maximum absolute atomic E-state index is 13.8. The van der Waals surface area contributed by atoms with Crippen molar-refractivity contribution in [3.8, 4) is 5.75 Å². The van der Waals surface area contributed by atoms with Crippen LogP contribution in [0.25, 0.3) is 0 Å². The van der Waals surface area contributed by atoms with Crippen LogP contribution in [0.1, 0.15) is 57.6 Å². The molecule has 1 aliphatic rings. The molecule has 2 unspecified atom stereocenters. The van der Waals surface area contributed by atoms with Crippen LogP contribution in [-0.4, -0.2) is 11.2 Å². The molecule has 3 heteroatoms. The predicted octanol–water partition coefficient (Wildman–Crippen LogP) is 4.23. The van der Waals surface area contributed by atoms with Crippen molar-refractivity contribution in [3.05, 3.63) is 29.6 Å². The topological polar surface area (TPSA) is 29.5 Å². The molecule has 2 rings (SSSR count). The molecule has 0 spiro atoms. The summed E-state index contributed by atoms with van der Waals surface area (Å²) in [5.41, 5.74) is 0.322. The molecule has 1 aliphatic carbocycles. The highest BCUT2D eigenvalue weighted by Crippen LogP contribution is 2.30. The average molecular weight is 266 g/mol. The third kappa shape index (κ3) is 3.69. The molecule has 0 aromatic heterocycles.